The van der Waals surface area contributed by atoms with Gasteiger partial charge in [0, 0.05) is 18.0 Å². The Labute approximate surface area is 93.2 Å². The number of nitrogens with zero attached hydrogens (tertiary/aromatic N) is 3. The highest BCUT2D eigenvalue weighted by Crippen LogP contribution is 2.13. The molecule has 0 saturated carbocycles. The minimum atomic E-state index is -0.285. The van der Waals surface area contributed by atoms with Crippen molar-refractivity contribution < 1.29 is 4.39 Å². The summed E-state index contributed by atoms with van der Waals surface area (Å²) in [6.45, 7) is 0.774. The molecule has 84 valence electrons. The number of halogens is 1. The molecular weight excluding hydrogens is 207 g/mol. The van der Waals surface area contributed by atoms with Crippen LogP contribution in [0, 0.1) is 5.82 Å². The molecule has 0 bridgehead atoms. The van der Waals surface area contributed by atoms with Gasteiger partial charge in [0.25, 0.3) is 0 Å². The molecule has 0 aliphatic heterocycles. The van der Waals surface area contributed by atoms with Crippen LogP contribution in [0.1, 0.15) is 17.5 Å². The number of hydrogen-bond donors (Lipinski definition) is 1. The first-order chi connectivity index (χ1) is 7.77. The number of hydrogen-bond acceptors (Lipinski definition) is 2. The van der Waals surface area contributed by atoms with E-state index in [1.165, 1.54) is 12.1 Å². The third kappa shape index (κ3) is 3.73. The minimum absolute atomic E-state index is 0.285. The molecule has 0 saturated heterocycles. The second kappa shape index (κ2) is 6.61. The van der Waals surface area contributed by atoms with Crippen molar-refractivity contribution in [1.29, 1.82) is 0 Å². The molecule has 0 aliphatic rings. The zero-order chi connectivity index (χ0) is 11.8. The standard InChI is InChI=1S/C11H13FN4/c12-11-5-4-10(8-13)9(7-11)3-1-2-6-15-16-14/h1,3-5,7H,2,6,8,13H2. The van der Waals surface area contributed by atoms with Gasteiger partial charge in [-0.15, -0.1) is 0 Å². The molecule has 2 N–H and O–H groups in total. The summed E-state index contributed by atoms with van der Waals surface area (Å²) in [5.74, 6) is -0.285. The van der Waals surface area contributed by atoms with E-state index >= 15 is 0 Å². The highest BCUT2D eigenvalue weighted by molar-refractivity contribution is 5.53. The number of benzene rings is 1. The van der Waals surface area contributed by atoms with E-state index < -0.39 is 0 Å². The molecule has 1 rings (SSSR count). The lowest BCUT2D eigenvalue weighted by molar-refractivity contribution is 0.626. The third-order valence-corrected chi connectivity index (χ3v) is 2.08. The van der Waals surface area contributed by atoms with E-state index in [1.54, 1.807) is 12.1 Å². The molecule has 0 spiro atoms. The Morgan fingerprint density at radius 1 is 1.50 bits per heavy atom. The highest BCUT2D eigenvalue weighted by Gasteiger charge is 1.98. The second-order valence-corrected chi connectivity index (χ2v) is 3.19. The van der Waals surface area contributed by atoms with Crippen LogP contribution in [0.25, 0.3) is 16.5 Å². The van der Waals surface area contributed by atoms with Gasteiger partial charge in [0.2, 0.25) is 0 Å². The van der Waals surface area contributed by atoms with Gasteiger partial charge < -0.3 is 5.73 Å². The summed E-state index contributed by atoms with van der Waals surface area (Å²) in [5, 5.41) is 3.39. The Balaban J connectivity index is 2.71. The quantitative estimate of drug-likeness (QED) is 0.352. The summed E-state index contributed by atoms with van der Waals surface area (Å²) in [5.41, 5.74) is 15.3. The fourth-order valence-corrected chi connectivity index (χ4v) is 1.29. The number of rotatable bonds is 5. The normalized spacial score (nSPS) is 10.4. The summed E-state index contributed by atoms with van der Waals surface area (Å²) in [6, 6.07) is 4.49. The first-order valence-corrected chi connectivity index (χ1v) is 4.94. The summed E-state index contributed by atoms with van der Waals surface area (Å²) in [6.07, 6.45) is 4.26. The molecule has 0 heterocycles. The summed E-state index contributed by atoms with van der Waals surface area (Å²) in [4.78, 5) is 2.64. The van der Waals surface area contributed by atoms with Gasteiger partial charge in [0.05, 0.1) is 0 Å². The maximum atomic E-state index is 13.0. The Kier molecular flexibility index (Phi) is 5.05. The van der Waals surface area contributed by atoms with E-state index in [0.29, 0.717) is 19.5 Å². The fraction of sp³-hybridized carbons (Fsp3) is 0.273. The van der Waals surface area contributed by atoms with E-state index in [1.807, 2.05) is 6.08 Å². The van der Waals surface area contributed by atoms with Gasteiger partial charge >= 0.3 is 0 Å². The lowest BCUT2D eigenvalue weighted by atomic mass is 10.1. The van der Waals surface area contributed by atoms with Crippen LogP contribution in [0.4, 0.5) is 4.39 Å². The van der Waals surface area contributed by atoms with Crippen molar-refractivity contribution in [1.82, 2.24) is 0 Å². The van der Waals surface area contributed by atoms with Crippen LogP contribution < -0.4 is 5.73 Å². The predicted octanol–water partition coefficient (Wildman–Crippen LogP) is 3.00. The van der Waals surface area contributed by atoms with Crippen molar-refractivity contribution in [3.05, 3.63) is 51.7 Å². The molecule has 4 nitrogen and oxygen atoms in total. The van der Waals surface area contributed by atoms with Crippen molar-refractivity contribution in [2.75, 3.05) is 6.54 Å². The smallest absolute Gasteiger partial charge is 0.123 e. The zero-order valence-electron chi connectivity index (χ0n) is 8.81. The average Bonchev–Trinajstić information content (AvgIpc) is 2.29. The Morgan fingerprint density at radius 3 is 3.00 bits per heavy atom. The zero-order valence-corrected chi connectivity index (χ0v) is 8.81. The van der Waals surface area contributed by atoms with Crippen molar-refractivity contribution >= 4 is 6.08 Å². The van der Waals surface area contributed by atoms with Gasteiger partial charge in [-0.25, -0.2) is 4.39 Å². The van der Waals surface area contributed by atoms with Crippen LogP contribution in [-0.4, -0.2) is 6.54 Å². The monoisotopic (exact) mass is 220 g/mol. The van der Waals surface area contributed by atoms with Crippen molar-refractivity contribution in [2.45, 2.75) is 13.0 Å². The molecule has 1 aromatic carbocycles. The fourth-order valence-electron chi connectivity index (χ4n) is 1.29. The molecule has 0 unspecified atom stereocenters. The van der Waals surface area contributed by atoms with Crippen LogP contribution in [0.2, 0.25) is 0 Å². The van der Waals surface area contributed by atoms with Crippen molar-refractivity contribution in [2.24, 2.45) is 10.8 Å². The summed E-state index contributed by atoms with van der Waals surface area (Å²) >= 11 is 0. The topological polar surface area (TPSA) is 74.8 Å². The van der Waals surface area contributed by atoms with Crippen LogP contribution in [0.3, 0.4) is 0 Å². The van der Waals surface area contributed by atoms with E-state index in [9.17, 15) is 4.39 Å². The van der Waals surface area contributed by atoms with Crippen molar-refractivity contribution in [3.63, 3.8) is 0 Å². The maximum absolute atomic E-state index is 13.0. The van der Waals surface area contributed by atoms with Crippen LogP contribution in [-0.2, 0) is 6.54 Å². The van der Waals surface area contributed by atoms with Gasteiger partial charge in [-0.3, -0.25) is 0 Å². The van der Waals surface area contributed by atoms with Gasteiger partial charge in [0.15, 0.2) is 0 Å². The third-order valence-electron chi connectivity index (χ3n) is 2.08. The van der Waals surface area contributed by atoms with Crippen LogP contribution >= 0.6 is 0 Å². The van der Waals surface area contributed by atoms with Gasteiger partial charge in [-0.2, -0.15) is 0 Å². The molecular formula is C11H13FN4. The maximum Gasteiger partial charge on any atom is 0.123 e. The molecule has 0 atom stereocenters. The van der Waals surface area contributed by atoms with Crippen LogP contribution in [0.5, 0.6) is 0 Å². The van der Waals surface area contributed by atoms with Gasteiger partial charge in [0.1, 0.15) is 5.82 Å². The molecule has 16 heavy (non-hydrogen) atoms. The predicted molar refractivity (Wildman–Crippen MR) is 62.0 cm³/mol. The Hall–Kier alpha value is -1.84. The van der Waals surface area contributed by atoms with Gasteiger partial charge in [-0.05, 0) is 35.2 Å². The molecule has 1 aromatic rings. The Bertz CT molecular complexity index is 422. The molecule has 0 fully saturated rings. The highest BCUT2D eigenvalue weighted by atomic mass is 19.1. The molecule has 5 heteroatoms. The van der Waals surface area contributed by atoms with Crippen LogP contribution in [0.15, 0.2) is 29.4 Å². The SMILES string of the molecule is [N-]=[N+]=NCCC=Cc1cc(F)ccc1CN. The van der Waals surface area contributed by atoms with Gasteiger partial charge in [-0.1, -0.05) is 23.3 Å². The second-order valence-electron chi connectivity index (χ2n) is 3.19. The summed E-state index contributed by atoms with van der Waals surface area (Å²) in [7, 11) is 0. The lowest BCUT2D eigenvalue weighted by Gasteiger charge is -2.02. The Morgan fingerprint density at radius 2 is 2.31 bits per heavy atom. The minimum Gasteiger partial charge on any atom is -0.326 e. The summed E-state index contributed by atoms with van der Waals surface area (Å²) < 4.78 is 13.0. The van der Waals surface area contributed by atoms with E-state index in [-0.39, 0.29) is 5.82 Å². The first kappa shape index (κ1) is 12.2. The number of azide groups is 1. The van der Waals surface area contributed by atoms with Crippen molar-refractivity contribution in [3.8, 4) is 0 Å². The van der Waals surface area contributed by atoms with E-state index in [4.69, 9.17) is 11.3 Å². The molecule has 0 radical (unpaired) electrons. The first-order valence-electron chi connectivity index (χ1n) is 4.94. The number of nitrogens with two attached hydrogens (primary N) is 1. The molecule has 0 aromatic heterocycles. The molecule has 0 amide bonds. The van der Waals surface area contributed by atoms with E-state index in [2.05, 4.69) is 10.0 Å². The largest absolute Gasteiger partial charge is 0.326 e. The lowest BCUT2D eigenvalue weighted by Crippen LogP contribution is -1.99. The van der Waals surface area contributed by atoms with E-state index in [0.717, 1.165) is 11.1 Å². The molecule has 0 aliphatic carbocycles. The average molecular weight is 220 g/mol.